The van der Waals surface area contributed by atoms with Crippen LogP contribution in [0.15, 0.2) is 24.3 Å². The van der Waals surface area contributed by atoms with E-state index in [1.165, 1.54) is 17.0 Å². The number of hydrogen-bond donors (Lipinski definition) is 4. The number of aromatic nitrogens is 2. The molecule has 4 N–H and O–H groups in total. The number of carbonyl (C=O) groups excluding carboxylic acids is 1. The average molecular weight is 449 g/mol. The van der Waals surface area contributed by atoms with Crippen molar-refractivity contribution < 1.29 is 23.1 Å². The van der Waals surface area contributed by atoms with Crippen LogP contribution in [0.3, 0.4) is 0 Å². The summed E-state index contributed by atoms with van der Waals surface area (Å²) in [5.74, 6) is -1.48. The van der Waals surface area contributed by atoms with Gasteiger partial charge in [0.1, 0.15) is 5.82 Å². The normalized spacial score (nSPS) is 16.2. The maximum absolute atomic E-state index is 13.3. The fourth-order valence-corrected chi connectivity index (χ4v) is 3.62. The molecule has 0 saturated carbocycles. The fourth-order valence-electron chi connectivity index (χ4n) is 3.62. The number of hydrogen-bond acceptors (Lipinski definition) is 5. The third-order valence-corrected chi connectivity index (χ3v) is 5.09. The number of H-pyrrole nitrogens is 1. The minimum atomic E-state index is -2.85. The molecule has 7 nitrogen and oxygen atoms in total. The number of nitrogens with one attached hydrogen (secondary N) is 3. The largest absolute Gasteiger partial charge is 0.391 e. The van der Waals surface area contributed by atoms with E-state index in [1.54, 1.807) is 0 Å². The lowest BCUT2D eigenvalue weighted by Crippen LogP contribution is -2.29. The van der Waals surface area contributed by atoms with E-state index in [9.17, 15) is 23.1 Å². The summed E-state index contributed by atoms with van der Waals surface area (Å²) in [6.45, 7) is 3.83. The summed E-state index contributed by atoms with van der Waals surface area (Å²) in [6.07, 6.45) is 0.913. The molecule has 0 aliphatic carbocycles. The smallest absolute Gasteiger partial charge is 0.264 e. The van der Waals surface area contributed by atoms with Crippen LogP contribution in [0.25, 0.3) is 5.57 Å². The Bertz CT molecular complexity index is 1000. The predicted octanol–water partition coefficient (Wildman–Crippen LogP) is 4.28. The summed E-state index contributed by atoms with van der Waals surface area (Å²) in [4.78, 5) is 14.3. The molecule has 0 radical (unpaired) electrons. The third kappa shape index (κ3) is 5.13. The monoisotopic (exact) mass is 449 g/mol. The van der Waals surface area contributed by atoms with Gasteiger partial charge >= 0.3 is 0 Å². The van der Waals surface area contributed by atoms with Crippen molar-refractivity contribution in [1.29, 1.82) is 10.8 Å². The van der Waals surface area contributed by atoms with Crippen molar-refractivity contribution >= 4 is 29.7 Å². The molecule has 1 fully saturated rings. The number of carbonyl (C=O) groups is 1. The zero-order valence-electron chi connectivity index (χ0n) is 17.8. The van der Waals surface area contributed by atoms with Gasteiger partial charge in [-0.25, -0.2) is 13.2 Å². The van der Waals surface area contributed by atoms with E-state index in [0.717, 1.165) is 24.6 Å². The number of allylic oxidation sites excluding steroid dienone is 2. The molecule has 1 atom stereocenters. The van der Waals surface area contributed by atoms with Crippen LogP contribution >= 0.6 is 0 Å². The molecule has 32 heavy (non-hydrogen) atoms. The molecule has 2 heterocycles. The second-order valence-electron chi connectivity index (χ2n) is 6.82. The van der Waals surface area contributed by atoms with Crippen LogP contribution in [0, 0.1) is 22.6 Å². The molecule has 2 aromatic rings. The molecule has 1 aromatic carbocycles. The third-order valence-electron chi connectivity index (χ3n) is 5.09. The summed E-state index contributed by atoms with van der Waals surface area (Å²) >= 11 is 0. The van der Waals surface area contributed by atoms with Gasteiger partial charge in [0, 0.05) is 41.6 Å². The molecular weight excluding hydrogens is 423 g/mol. The van der Waals surface area contributed by atoms with Crippen LogP contribution in [-0.2, 0) is 17.8 Å². The molecule has 1 saturated heterocycles. The second kappa shape index (κ2) is 11.4. The number of nitrogens with zero attached hydrogens (tertiary/aromatic N) is 2. The van der Waals surface area contributed by atoms with Gasteiger partial charge in [0.2, 0.25) is 5.91 Å². The Kier molecular flexibility index (Phi) is 8.89. The van der Waals surface area contributed by atoms with Gasteiger partial charge < -0.3 is 15.9 Å². The Morgan fingerprint density at radius 2 is 2.09 bits per heavy atom. The van der Waals surface area contributed by atoms with Gasteiger partial charge in [-0.15, -0.1) is 0 Å². The predicted molar refractivity (Wildman–Crippen MR) is 117 cm³/mol. The minimum Gasteiger partial charge on any atom is -0.391 e. The van der Waals surface area contributed by atoms with Crippen LogP contribution in [0.2, 0.25) is 0 Å². The van der Waals surface area contributed by atoms with Gasteiger partial charge in [0.15, 0.2) is 5.82 Å². The first-order chi connectivity index (χ1) is 15.4. The number of aromatic amines is 1. The van der Waals surface area contributed by atoms with E-state index in [4.69, 9.17) is 10.8 Å². The SMILES string of the molecule is CC.N=C/C=C(\C=N)c1[nH]nc(N2CCC(Cc3ccc(F)cc3C(F)F)C2=O)c1CO. The minimum absolute atomic E-state index is 0.0421. The number of benzene rings is 1. The highest BCUT2D eigenvalue weighted by molar-refractivity contribution is 6.12. The second-order valence-corrected chi connectivity index (χ2v) is 6.82. The lowest BCUT2D eigenvalue weighted by molar-refractivity contribution is -0.120. The summed E-state index contributed by atoms with van der Waals surface area (Å²) in [7, 11) is 0. The molecule has 172 valence electrons. The Hall–Kier alpha value is -3.27. The van der Waals surface area contributed by atoms with Crippen LogP contribution in [0.4, 0.5) is 19.0 Å². The van der Waals surface area contributed by atoms with Crippen molar-refractivity contribution in [2.45, 2.75) is 39.7 Å². The number of amides is 1. The molecular formula is C22H26F3N5O2. The van der Waals surface area contributed by atoms with Crippen molar-refractivity contribution in [2.75, 3.05) is 11.4 Å². The molecule has 0 spiro atoms. The maximum atomic E-state index is 13.3. The van der Waals surface area contributed by atoms with E-state index >= 15 is 0 Å². The van der Waals surface area contributed by atoms with Crippen LogP contribution < -0.4 is 4.90 Å². The summed E-state index contributed by atoms with van der Waals surface area (Å²) in [6, 6.07) is 3.16. The van der Waals surface area contributed by atoms with Crippen molar-refractivity contribution in [1.82, 2.24) is 10.2 Å². The molecule has 1 aliphatic heterocycles. The number of alkyl halides is 2. The lowest BCUT2D eigenvalue weighted by atomic mass is 9.94. The van der Waals surface area contributed by atoms with Crippen LogP contribution in [-0.4, -0.2) is 40.2 Å². The van der Waals surface area contributed by atoms with Gasteiger partial charge in [-0.3, -0.25) is 14.8 Å². The molecule has 1 unspecified atom stereocenters. The molecule has 0 bridgehead atoms. The lowest BCUT2D eigenvalue weighted by Gasteiger charge is -2.16. The number of anilines is 1. The van der Waals surface area contributed by atoms with E-state index in [1.807, 2.05) is 13.8 Å². The summed E-state index contributed by atoms with van der Waals surface area (Å²) in [5, 5.41) is 31.2. The molecule has 1 aliphatic rings. The van der Waals surface area contributed by atoms with E-state index in [0.29, 0.717) is 23.3 Å². The Morgan fingerprint density at radius 1 is 1.38 bits per heavy atom. The van der Waals surface area contributed by atoms with E-state index in [2.05, 4.69) is 10.2 Å². The van der Waals surface area contributed by atoms with E-state index < -0.39 is 30.3 Å². The Morgan fingerprint density at radius 3 is 2.69 bits per heavy atom. The molecule has 3 rings (SSSR count). The van der Waals surface area contributed by atoms with Gasteiger partial charge in [0.25, 0.3) is 6.43 Å². The van der Waals surface area contributed by atoms with Crippen molar-refractivity contribution in [2.24, 2.45) is 5.92 Å². The van der Waals surface area contributed by atoms with Crippen LogP contribution in [0.5, 0.6) is 0 Å². The zero-order chi connectivity index (χ0) is 23.8. The molecule has 1 amide bonds. The van der Waals surface area contributed by atoms with Crippen molar-refractivity contribution in [3.8, 4) is 0 Å². The maximum Gasteiger partial charge on any atom is 0.264 e. The zero-order valence-corrected chi connectivity index (χ0v) is 17.8. The van der Waals surface area contributed by atoms with Gasteiger partial charge in [-0.2, -0.15) is 5.10 Å². The first-order valence-corrected chi connectivity index (χ1v) is 10.2. The Balaban J connectivity index is 0.00000176. The standard InChI is InChI=1S/C20H20F3N5O2.C2H6/c21-14-2-1-11(15(8-14)18(22)23)7-12-4-6-28(20(12)30)19-16(10-29)17(26-27-19)13(9-25)3-5-24;1-2/h1-3,5,8-9,12,18,24-25,29H,4,6-7,10H2,(H,26,27);1-2H3/b13-3+,24-5?,25-9?;. The van der Waals surface area contributed by atoms with Gasteiger partial charge in [0.05, 0.1) is 12.3 Å². The topological polar surface area (TPSA) is 117 Å². The van der Waals surface area contributed by atoms with Crippen molar-refractivity contribution in [3.63, 3.8) is 0 Å². The summed E-state index contributed by atoms with van der Waals surface area (Å²) in [5.41, 5.74) is 0.726. The van der Waals surface area contributed by atoms with Gasteiger partial charge in [-0.1, -0.05) is 19.9 Å². The van der Waals surface area contributed by atoms with Crippen LogP contribution in [0.1, 0.15) is 49.1 Å². The number of aliphatic hydroxyl groups is 1. The van der Waals surface area contributed by atoms with E-state index in [-0.39, 0.29) is 30.3 Å². The molecule has 1 aromatic heterocycles. The number of aliphatic hydroxyl groups excluding tert-OH is 1. The molecule has 10 heteroatoms. The summed E-state index contributed by atoms with van der Waals surface area (Å²) < 4.78 is 39.8. The first-order valence-electron chi connectivity index (χ1n) is 10.2. The quantitative estimate of drug-likeness (QED) is 0.451. The fraction of sp³-hybridized carbons (Fsp3) is 0.364. The first kappa shape index (κ1) is 25.0. The number of halogens is 3. The number of rotatable bonds is 8. The highest BCUT2D eigenvalue weighted by Gasteiger charge is 2.36. The highest BCUT2D eigenvalue weighted by Crippen LogP contribution is 2.33. The Labute approximate surface area is 184 Å². The average Bonchev–Trinajstić information content (AvgIpc) is 3.37. The highest BCUT2D eigenvalue weighted by atomic mass is 19.3. The van der Waals surface area contributed by atoms with Gasteiger partial charge in [-0.05, 0) is 36.6 Å². The van der Waals surface area contributed by atoms with Crippen molar-refractivity contribution in [3.05, 3.63) is 52.5 Å².